The molecule has 0 unspecified atom stereocenters. The standard InChI is InChI=1S/C24H20N2.C17H14N2O3S.C8H11BO2/c1-17-10-9-11-18(2)22(17)21-16-25-23(19-12-5-3-6-13-19)24(26-21)20-14-7-4-8-15-20;1-23(20,21)22-15-12-18-16(13-8-4-2-5-9-13)17(19-15)14-10-6-3-7-11-14;1-6-4-3-5-7(2)8(6)9(10)11/h3-16H,1-2H3;2-12H,1H3;3-5,10-11H,1-2H3. The van der Waals surface area contributed by atoms with Crippen molar-refractivity contribution in [3.05, 3.63) is 192 Å². The predicted octanol–water partition coefficient (Wildman–Crippen LogP) is 9.23. The van der Waals surface area contributed by atoms with Crippen LogP contribution in [0.1, 0.15) is 22.3 Å². The van der Waals surface area contributed by atoms with Gasteiger partial charge in [-0.2, -0.15) is 8.42 Å². The van der Waals surface area contributed by atoms with Gasteiger partial charge in [-0.15, -0.1) is 0 Å². The van der Waals surface area contributed by atoms with Gasteiger partial charge in [0.25, 0.3) is 5.88 Å². The first-order valence-electron chi connectivity index (χ1n) is 19.2. The monoisotopic (exact) mass is 812 g/mol. The molecule has 0 aliphatic heterocycles. The van der Waals surface area contributed by atoms with Crippen molar-refractivity contribution < 1.29 is 22.6 Å². The molecule has 300 valence electrons. The van der Waals surface area contributed by atoms with Crippen LogP contribution in [0.3, 0.4) is 0 Å². The summed E-state index contributed by atoms with van der Waals surface area (Å²) in [5.41, 5.74) is 13.9. The lowest BCUT2D eigenvalue weighted by Gasteiger charge is -2.13. The smallest absolute Gasteiger partial charge is 0.423 e. The van der Waals surface area contributed by atoms with Crippen molar-refractivity contribution in [2.75, 3.05) is 6.26 Å². The van der Waals surface area contributed by atoms with Crippen molar-refractivity contribution in [3.8, 4) is 62.2 Å². The lowest BCUT2D eigenvalue weighted by atomic mass is 9.74. The third-order valence-electron chi connectivity index (χ3n) is 9.49. The summed E-state index contributed by atoms with van der Waals surface area (Å²) in [6, 6.07) is 51.5. The van der Waals surface area contributed by atoms with Gasteiger partial charge in [-0.3, -0.25) is 4.98 Å². The van der Waals surface area contributed by atoms with Crippen LogP contribution in [-0.2, 0) is 10.1 Å². The van der Waals surface area contributed by atoms with Gasteiger partial charge in [0.05, 0.1) is 41.4 Å². The van der Waals surface area contributed by atoms with Gasteiger partial charge in [0.1, 0.15) is 5.69 Å². The first-order valence-corrected chi connectivity index (χ1v) is 21.1. The molecule has 0 fully saturated rings. The fourth-order valence-electron chi connectivity index (χ4n) is 6.74. The Hall–Kier alpha value is -6.79. The molecule has 0 saturated heterocycles. The molecule has 0 amide bonds. The fourth-order valence-corrected chi connectivity index (χ4v) is 7.13. The average Bonchev–Trinajstić information content (AvgIpc) is 3.24. The molecular weight excluding hydrogens is 767 g/mol. The maximum absolute atomic E-state index is 11.3. The van der Waals surface area contributed by atoms with Crippen LogP contribution >= 0.6 is 0 Å². The Kier molecular flexibility index (Phi) is 14.1. The molecule has 2 heterocycles. The van der Waals surface area contributed by atoms with Gasteiger partial charge in [0, 0.05) is 27.8 Å². The van der Waals surface area contributed by atoms with Gasteiger partial charge in [0.15, 0.2) is 0 Å². The van der Waals surface area contributed by atoms with Gasteiger partial charge in [-0.1, -0.05) is 169 Å². The van der Waals surface area contributed by atoms with E-state index in [1.807, 2.05) is 135 Å². The lowest BCUT2D eigenvalue weighted by molar-refractivity contribution is 0.425. The highest BCUT2D eigenvalue weighted by molar-refractivity contribution is 7.86. The minimum Gasteiger partial charge on any atom is -0.423 e. The van der Waals surface area contributed by atoms with Crippen molar-refractivity contribution in [2.45, 2.75) is 27.7 Å². The second-order valence-electron chi connectivity index (χ2n) is 14.1. The molecule has 0 spiro atoms. The van der Waals surface area contributed by atoms with Gasteiger partial charge >= 0.3 is 17.2 Å². The minimum atomic E-state index is -3.66. The van der Waals surface area contributed by atoms with E-state index in [0.717, 1.165) is 62.3 Å². The molecule has 6 aromatic carbocycles. The molecule has 8 aromatic rings. The zero-order valence-corrected chi connectivity index (χ0v) is 34.9. The molecule has 11 heteroatoms. The first kappa shape index (κ1) is 42.8. The largest absolute Gasteiger partial charge is 0.488 e. The number of rotatable bonds is 8. The number of nitrogens with zero attached hydrogens (tertiary/aromatic N) is 4. The normalized spacial score (nSPS) is 10.7. The molecule has 2 N–H and O–H groups in total. The summed E-state index contributed by atoms with van der Waals surface area (Å²) < 4.78 is 27.5. The van der Waals surface area contributed by atoms with Crippen LogP contribution in [0.5, 0.6) is 5.88 Å². The molecule has 60 heavy (non-hydrogen) atoms. The maximum atomic E-state index is 11.3. The molecule has 9 nitrogen and oxygen atoms in total. The Labute approximate surface area is 352 Å². The lowest BCUT2D eigenvalue weighted by Crippen LogP contribution is -2.34. The molecule has 0 saturated carbocycles. The Balaban J connectivity index is 0.000000163. The van der Waals surface area contributed by atoms with Crippen LogP contribution in [0, 0.1) is 27.7 Å². The third-order valence-corrected chi connectivity index (χ3v) is 9.96. The minimum absolute atomic E-state index is 0.0500. The number of aromatic nitrogens is 4. The van der Waals surface area contributed by atoms with Crippen LogP contribution in [0.4, 0.5) is 0 Å². The van der Waals surface area contributed by atoms with E-state index in [1.54, 1.807) is 0 Å². The maximum Gasteiger partial charge on any atom is 0.488 e. The molecule has 2 aromatic heterocycles. The van der Waals surface area contributed by atoms with Crippen molar-refractivity contribution in [3.63, 3.8) is 0 Å². The SMILES string of the molecule is CS(=O)(=O)Oc1cnc(-c2ccccc2)c(-c2ccccc2)n1.Cc1cccc(C)c1-c1cnc(-c2ccccc2)c(-c2ccccc2)n1.Cc1cccc(C)c1B(O)O. The van der Waals surface area contributed by atoms with E-state index >= 15 is 0 Å². The van der Waals surface area contributed by atoms with E-state index < -0.39 is 17.2 Å². The van der Waals surface area contributed by atoms with Crippen LogP contribution in [0.2, 0.25) is 0 Å². The van der Waals surface area contributed by atoms with E-state index in [-0.39, 0.29) is 5.88 Å². The quantitative estimate of drug-likeness (QED) is 0.114. The zero-order chi connectivity index (χ0) is 42.6. The van der Waals surface area contributed by atoms with Crippen molar-refractivity contribution in [2.24, 2.45) is 0 Å². The van der Waals surface area contributed by atoms with Crippen LogP contribution < -0.4 is 9.65 Å². The summed E-state index contributed by atoms with van der Waals surface area (Å²) in [4.78, 5) is 18.6. The number of hydrogen-bond acceptors (Lipinski definition) is 9. The fraction of sp³-hybridized carbons (Fsp3) is 0.102. The molecular formula is C49H45BN4O5S. The van der Waals surface area contributed by atoms with Crippen molar-refractivity contribution in [1.82, 2.24) is 19.9 Å². The average molecular weight is 813 g/mol. The topological polar surface area (TPSA) is 135 Å². The van der Waals surface area contributed by atoms with Crippen molar-refractivity contribution in [1.29, 1.82) is 0 Å². The van der Waals surface area contributed by atoms with Gasteiger partial charge in [-0.25, -0.2) is 15.0 Å². The highest BCUT2D eigenvalue weighted by Gasteiger charge is 2.17. The van der Waals surface area contributed by atoms with E-state index in [1.165, 1.54) is 17.3 Å². The van der Waals surface area contributed by atoms with E-state index in [9.17, 15) is 8.42 Å². The summed E-state index contributed by atoms with van der Waals surface area (Å²) >= 11 is 0. The van der Waals surface area contributed by atoms with E-state index in [2.05, 4.69) is 66.3 Å². The van der Waals surface area contributed by atoms with Gasteiger partial charge in [-0.05, 0) is 44.3 Å². The molecule has 0 bridgehead atoms. The Morgan fingerprint density at radius 3 is 1.22 bits per heavy atom. The van der Waals surface area contributed by atoms with Crippen LogP contribution in [0.15, 0.2) is 170 Å². The Bertz CT molecular complexity index is 2740. The molecule has 0 aliphatic rings. The summed E-state index contributed by atoms with van der Waals surface area (Å²) in [5.74, 6) is -0.0500. The van der Waals surface area contributed by atoms with Gasteiger partial charge in [0.2, 0.25) is 0 Å². The summed E-state index contributed by atoms with van der Waals surface area (Å²) in [6.07, 6.45) is 4.18. The summed E-state index contributed by atoms with van der Waals surface area (Å²) in [7, 11) is -5.01. The Morgan fingerprint density at radius 2 is 0.833 bits per heavy atom. The summed E-state index contributed by atoms with van der Waals surface area (Å²) in [5, 5.41) is 17.9. The second-order valence-corrected chi connectivity index (χ2v) is 15.6. The van der Waals surface area contributed by atoms with Crippen LogP contribution in [0.25, 0.3) is 56.3 Å². The highest BCUT2D eigenvalue weighted by Crippen LogP contribution is 2.33. The van der Waals surface area contributed by atoms with E-state index in [4.69, 9.17) is 24.2 Å². The highest BCUT2D eigenvalue weighted by atomic mass is 32.2. The Morgan fingerprint density at radius 1 is 0.467 bits per heavy atom. The molecule has 0 radical (unpaired) electrons. The van der Waals surface area contributed by atoms with Crippen molar-refractivity contribution >= 4 is 22.7 Å². The third kappa shape index (κ3) is 11.0. The summed E-state index contributed by atoms with van der Waals surface area (Å²) in [6.45, 7) is 7.97. The molecule has 8 rings (SSSR count). The number of hydrogen-bond donors (Lipinski definition) is 2. The molecule has 0 atom stereocenters. The zero-order valence-electron chi connectivity index (χ0n) is 34.1. The van der Waals surface area contributed by atoms with E-state index in [0.29, 0.717) is 16.9 Å². The second kappa shape index (κ2) is 19.8. The van der Waals surface area contributed by atoms with Gasteiger partial charge < -0.3 is 14.2 Å². The predicted molar refractivity (Wildman–Crippen MR) is 242 cm³/mol. The first-order chi connectivity index (χ1) is 28.9. The number of aryl methyl sites for hydroxylation is 4. The van der Waals surface area contributed by atoms with Crippen LogP contribution in [-0.4, -0.2) is 51.8 Å². The number of benzene rings is 6. The molecule has 0 aliphatic carbocycles.